The van der Waals surface area contributed by atoms with Crippen LogP contribution in [0.25, 0.3) is 12.2 Å². The minimum atomic E-state index is -1.82. The van der Waals surface area contributed by atoms with Gasteiger partial charge in [-0.25, -0.2) is 14.0 Å². The molecular formula is C29H30FNO5. The van der Waals surface area contributed by atoms with Crippen LogP contribution in [0.4, 0.5) is 4.39 Å². The minimum Gasteiger partial charge on any atom is -0.473 e. The van der Waals surface area contributed by atoms with Crippen molar-refractivity contribution in [2.75, 3.05) is 20.6 Å². The number of carbonyl (C=O) groups is 2. The number of nitrogens with zero attached hydrogens (tertiary/aromatic N) is 1. The third-order valence-electron chi connectivity index (χ3n) is 5.93. The van der Waals surface area contributed by atoms with Gasteiger partial charge < -0.3 is 19.8 Å². The Morgan fingerprint density at radius 1 is 0.944 bits per heavy atom. The van der Waals surface area contributed by atoms with Crippen molar-refractivity contribution in [2.45, 2.75) is 25.0 Å². The number of hydrogen-bond acceptors (Lipinski definition) is 4. The minimum absolute atomic E-state index is 0.221. The summed E-state index contributed by atoms with van der Waals surface area (Å²) in [5.74, 6) is -3.87. The summed E-state index contributed by atoms with van der Waals surface area (Å²) in [7, 11) is 4.17. The van der Waals surface area contributed by atoms with Gasteiger partial charge in [-0.1, -0.05) is 66.7 Å². The second kappa shape index (κ2) is 12.2. The molecule has 0 amide bonds. The zero-order valence-corrected chi connectivity index (χ0v) is 20.4. The van der Waals surface area contributed by atoms with Crippen molar-refractivity contribution >= 4 is 24.1 Å². The lowest BCUT2D eigenvalue weighted by atomic mass is 9.81. The van der Waals surface area contributed by atoms with Crippen LogP contribution in [-0.2, 0) is 26.5 Å². The van der Waals surface area contributed by atoms with Gasteiger partial charge in [-0.3, -0.25) is 0 Å². The predicted molar refractivity (Wildman–Crippen MR) is 137 cm³/mol. The molecule has 1 unspecified atom stereocenters. The lowest BCUT2D eigenvalue weighted by Gasteiger charge is -2.31. The van der Waals surface area contributed by atoms with E-state index >= 15 is 0 Å². The Labute approximate surface area is 210 Å². The number of ether oxygens (including phenoxy) is 1. The molecular weight excluding hydrogens is 461 g/mol. The van der Waals surface area contributed by atoms with Crippen molar-refractivity contribution in [3.8, 4) is 0 Å². The number of carboxylic acid groups (broad SMARTS) is 2. The average molecular weight is 492 g/mol. The Morgan fingerprint density at radius 2 is 1.58 bits per heavy atom. The van der Waals surface area contributed by atoms with Gasteiger partial charge in [0.2, 0.25) is 0 Å². The molecule has 3 aromatic rings. The van der Waals surface area contributed by atoms with Crippen LogP contribution in [-0.4, -0.2) is 47.7 Å². The van der Waals surface area contributed by atoms with E-state index in [0.29, 0.717) is 6.61 Å². The van der Waals surface area contributed by atoms with E-state index in [2.05, 4.69) is 61.5 Å². The summed E-state index contributed by atoms with van der Waals surface area (Å²) in [6, 6.07) is 23.6. The van der Waals surface area contributed by atoms with Crippen molar-refractivity contribution in [2.24, 2.45) is 0 Å². The van der Waals surface area contributed by atoms with E-state index in [0.717, 1.165) is 30.5 Å². The molecule has 1 aliphatic rings. The van der Waals surface area contributed by atoms with Gasteiger partial charge in [0.1, 0.15) is 11.4 Å². The Bertz CT molecular complexity index is 1200. The molecule has 0 spiro atoms. The maximum atomic E-state index is 13.6. The Kier molecular flexibility index (Phi) is 9.11. The zero-order chi connectivity index (χ0) is 26.1. The number of carboxylic acids is 2. The van der Waals surface area contributed by atoms with Gasteiger partial charge in [0.25, 0.3) is 0 Å². The van der Waals surface area contributed by atoms with Crippen LogP contribution in [0.5, 0.6) is 0 Å². The number of hydrogen-bond donors (Lipinski definition) is 2. The number of benzene rings is 3. The molecule has 0 bridgehead atoms. The summed E-state index contributed by atoms with van der Waals surface area (Å²) in [4.78, 5) is 20.4. The number of aliphatic carboxylic acids is 2. The molecule has 188 valence electrons. The van der Waals surface area contributed by atoms with Crippen molar-refractivity contribution in [1.29, 1.82) is 0 Å². The number of fused-ring (bicyclic) bond motifs is 1. The molecule has 6 nitrogen and oxygen atoms in total. The van der Waals surface area contributed by atoms with Gasteiger partial charge in [0.15, 0.2) is 0 Å². The maximum absolute atomic E-state index is 13.6. The Morgan fingerprint density at radius 3 is 2.19 bits per heavy atom. The molecule has 0 radical (unpaired) electrons. The molecule has 0 aliphatic carbocycles. The van der Waals surface area contributed by atoms with E-state index in [1.54, 1.807) is 0 Å². The number of halogens is 1. The molecule has 1 heterocycles. The van der Waals surface area contributed by atoms with Gasteiger partial charge in [-0.15, -0.1) is 0 Å². The van der Waals surface area contributed by atoms with Gasteiger partial charge >= 0.3 is 11.9 Å². The smallest absolute Gasteiger partial charge is 0.414 e. The standard InChI is InChI=1S/C27H28FNO.C2H2O4/c1-29(2)18-6-17-27(24-12-14-25(28)15-13-24)26-16-11-22(19-23(26)20-30-27)10-9-21-7-4-3-5-8-21;3-1(4)2(5)6/h3-5,7-16,19H,6,17-18,20H2,1-2H3;(H,3,4)(H,5,6)/b10-9+;. The van der Waals surface area contributed by atoms with Crippen LogP contribution < -0.4 is 0 Å². The summed E-state index contributed by atoms with van der Waals surface area (Å²) in [6.07, 6.45) is 6.13. The summed E-state index contributed by atoms with van der Waals surface area (Å²) >= 11 is 0. The van der Waals surface area contributed by atoms with Gasteiger partial charge in [0, 0.05) is 0 Å². The first kappa shape index (κ1) is 26.8. The average Bonchev–Trinajstić information content (AvgIpc) is 3.22. The van der Waals surface area contributed by atoms with Crippen molar-refractivity contribution in [3.63, 3.8) is 0 Å². The highest BCUT2D eigenvalue weighted by Gasteiger charge is 2.41. The van der Waals surface area contributed by atoms with Gasteiger partial charge in [-0.05, 0) is 79.5 Å². The zero-order valence-electron chi connectivity index (χ0n) is 20.4. The first-order chi connectivity index (χ1) is 17.2. The quantitative estimate of drug-likeness (QED) is 0.346. The van der Waals surface area contributed by atoms with Crippen LogP contribution in [0, 0.1) is 5.82 Å². The lowest BCUT2D eigenvalue weighted by Crippen LogP contribution is -2.28. The molecule has 2 N–H and O–H groups in total. The predicted octanol–water partition coefficient (Wildman–Crippen LogP) is 5.27. The molecule has 0 aromatic heterocycles. The summed E-state index contributed by atoms with van der Waals surface area (Å²) in [5.41, 5.74) is 5.25. The molecule has 0 saturated heterocycles. The molecule has 7 heteroatoms. The van der Waals surface area contributed by atoms with E-state index in [1.807, 2.05) is 30.3 Å². The molecule has 1 atom stereocenters. The summed E-state index contributed by atoms with van der Waals surface area (Å²) in [6.45, 7) is 1.56. The SMILES string of the molecule is CN(C)CCCC1(c2ccc(F)cc2)OCc2cc(/C=C/c3ccccc3)ccc21.O=C(O)C(=O)O. The van der Waals surface area contributed by atoms with Crippen molar-refractivity contribution < 1.29 is 28.9 Å². The van der Waals surface area contributed by atoms with Crippen molar-refractivity contribution in [1.82, 2.24) is 4.90 Å². The van der Waals surface area contributed by atoms with Crippen LogP contribution in [0.15, 0.2) is 72.8 Å². The van der Waals surface area contributed by atoms with E-state index < -0.39 is 17.5 Å². The molecule has 1 aliphatic heterocycles. The van der Waals surface area contributed by atoms with Crippen LogP contribution >= 0.6 is 0 Å². The highest BCUT2D eigenvalue weighted by molar-refractivity contribution is 6.27. The van der Waals surface area contributed by atoms with Crippen LogP contribution in [0.2, 0.25) is 0 Å². The van der Waals surface area contributed by atoms with E-state index in [4.69, 9.17) is 24.5 Å². The molecule has 0 saturated carbocycles. The van der Waals surface area contributed by atoms with Crippen molar-refractivity contribution in [3.05, 3.63) is 106 Å². The normalized spacial score (nSPS) is 16.4. The maximum Gasteiger partial charge on any atom is 0.414 e. The lowest BCUT2D eigenvalue weighted by molar-refractivity contribution is -0.159. The summed E-state index contributed by atoms with van der Waals surface area (Å²) in [5, 5.41) is 14.8. The van der Waals surface area contributed by atoms with E-state index in [9.17, 15) is 4.39 Å². The summed E-state index contributed by atoms with van der Waals surface area (Å²) < 4.78 is 20.0. The first-order valence-corrected chi connectivity index (χ1v) is 11.6. The Hall–Kier alpha value is -3.81. The third-order valence-corrected chi connectivity index (χ3v) is 5.93. The fourth-order valence-electron chi connectivity index (χ4n) is 4.22. The topological polar surface area (TPSA) is 87.1 Å². The largest absolute Gasteiger partial charge is 0.473 e. The second-order valence-electron chi connectivity index (χ2n) is 8.80. The highest BCUT2D eigenvalue weighted by Crippen LogP contribution is 2.45. The molecule has 0 fully saturated rings. The van der Waals surface area contributed by atoms with Gasteiger partial charge in [-0.2, -0.15) is 0 Å². The second-order valence-corrected chi connectivity index (χ2v) is 8.80. The Balaban J connectivity index is 0.000000538. The van der Waals surface area contributed by atoms with Crippen LogP contribution in [0.3, 0.4) is 0 Å². The van der Waals surface area contributed by atoms with E-state index in [1.165, 1.54) is 28.8 Å². The monoisotopic (exact) mass is 491 g/mol. The van der Waals surface area contributed by atoms with Crippen LogP contribution in [0.1, 0.15) is 40.7 Å². The van der Waals surface area contributed by atoms with Gasteiger partial charge in [0.05, 0.1) is 6.61 Å². The fourth-order valence-corrected chi connectivity index (χ4v) is 4.22. The number of rotatable bonds is 7. The highest BCUT2D eigenvalue weighted by atomic mass is 19.1. The third kappa shape index (κ3) is 6.87. The van der Waals surface area contributed by atoms with E-state index in [-0.39, 0.29) is 5.82 Å². The first-order valence-electron chi connectivity index (χ1n) is 11.6. The fraction of sp³-hybridized carbons (Fsp3) is 0.241. The molecule has 36 heavy (non-hydrogen) atoms. The molecule has 3 aromatic carbocycles. The molecule has 4 rings (SSSR count).